The lowest BCUT2D eigenvalue weighted by molar-refractivity contribution is -0.143. The number of ether oxygens (including phenoxy) is 1. The van der Waals surface area contributed by atoms with Crippen LogP contribution in [0.2, 0.25) is 0 Å². The van der Waals surface area contributed by atoms with Gasteiger partial charge in [-0.15, -0.1) is 5.10 Å². The van der Waals surface area contributed by atoms with Crippen LogP contribution in [-0.4, -0.2) is 79.2 Å². The van der Waals surface area contributed by atoms with Crippen LogP contribution in [0.5, 0.6) is 5.75 Å². The quantitative estimate of drug-likeness (QED) is 0.292. The van der Waals surface area contributed by atoms with E-state index in [0.29, 0.717) is 18.7 Å². The van der Waals surface area contributed by atoms with E-state index in [-0.39, 0.29) is 42.0 Å². The minimum absolute atomic E-state index is 0.000405. The number of amides is 6. The van der Waals surface area contributed by atoms with E-state index < -0.39 is 54.1 Å². The third kappa shape index (κ3) is 5.86. The highest BCUT2D eigenvalue weighted by Gasteiger charge is 2.45. The lowest BCUT2D eigenvalue weighted by Crippen LogP contribution is -2.54. The average Bonchev–Trinajstić information content (AvgIpc) is 3.73. The van der Waals surface area contributed by atoms with Crippen molar-refractivity contribution in [2.24, 2.45) is 0 Å². The fraction of sp³-hybridized carbons (Fsp3) is 0.370. The fourth-order valence-corrected chi connectivity index (χ4v) is 5.42. The first-order valence-corrected chi connectivity index (χ1v) is 14.3. The maximum atomic E-state index is 13.7. The molecule has 43 heavy (non-hydrogen) atoms. The van der Waals surface area contributed by atoms with Crippen molar-refractivity contribution in [2.45, 2.75) is 51.7 Å². The number of benzene rings is 1. The number of nitrogens with one attached hydrogen (secondary N) is 2. The average molecular weight is 610 g/mol. The number of hydrogen-bond donors (Lipinski definition) is 2. The van der Waals surface area contributed by atoms with Gasteiger partial charge in [0.2, 0.25) is 17.7 Å². The molecule has 5 rings (SSSR count). The molecule has 2 N–H and O–H groups in total. The van der Waals surface area contributed by atoms with Gasteiger partial charge in [-0.2, -0.15) is 0 Å². The zero-order chi connectivity index (χ0) is 30.7. The molecule has 0 radical (unpaired) electrons. The van der Waals surface area contributed by atoms with Crippen LogP contribution in [0.1, 0.15) is 70.4 Å². The van der Waals surface area contributed by atoms with E-state index in [0.717, 1.165) is 22.0 Å². The minimum atomic E-state index is -1.14. The first-order chi connectivity index (χ1) is 20.7. The summed E-state index contributed by atoms with van der Waals surface area (Å²) < 4.78 is 14.7. The number of aryl methyl sites for hydroxylation is 1. The number of carbonyl (C=O) groups is 6. The van der Waals surface area contributed by atoms with Gasteiger partial charge in [0.1, 0.15) is 29.4 Å². The van der Waals surface area contributed by atoms with Gasteiger partial charge in [0.25, 0.3) is 17.7 Å². The smallest absolute Gasteiger partial charge is 0.262 e. The maximum Gasteiger partial charge on any atom is 0.262 e. The molecular formula is C27H27N7O8S. The van der Waals surface area contributed by atoms with E-state index in [2.05, 4.69) is 25.4 Å². The minimum Gasteiger partial charge on any atom is -0.484 e. The van der Waals surface area contributed by atoms with Crippen molar-refractivity contribution >= 4 is 47.0 Å². The first-order valence-electron chi connectivity index (χ1n) is 13.5. The summed E-state index contributed by atoms with van der Waals surface area (Å²) in [6.07, 6.45) is 2.08. The third-order valence-electron chi connectivity index (χ3n) is 7.09. The Morgan fingerprint density at radius 2 is 2.00 bits per heavy atom. The summed E-state index contributed by atoms with van der Waals surface area (Å²) in [4.78, 5) is 79.0. The molecule has 3 aromatic rings. The van der Waals surface area contributed by atoms with Gasteiger partial charge in [0.15, 0.2) is 12.6 Å². The maximum absolute atomic E-state index is 13.7. The van der Waals surface area contributed by atoms with Gasteiger partial charge < -0.3 is 19.5 Å². The second-order valence-corrected chi connectivity index (χ2v) is 10.3. The zero-order valence-corrected chi connectivity index (χ0v) is 24.0. The monoisotopic (exact) mass is 609 g/mol. The summed E-state index contributed by atoms with van der Waals surface area (Å²) in [5.74, 6) is -3.52. The molecule has 4 heterocycles. The second-order valence-electron chi connectivity index (χ2n) is 9.73. The van der Waals surface area contributed by atoms with Gasteiger partial charge in [0, 0.05) is 23.9 Å². The van der Waals surface area contributed by atoms with E-state index in [1.807, 2.05) is 6.92 Å². The second kappa shape index (κ2) is 12.5. The summed E-state index contributed by atoms with van der Waals surface area (Å²) in [6, 6.07) is 1.87. The SMILES string of the molecule is CCNC(=O)C(c1csnn1)N(Cc1nocc1CC)C(=O)COc1ccc2c(c1)C(=O)N(C1CCC(=O)NC1=O)C2=O. The first kappa shape index (κ1) is 29.5. The molecule has 0 saturated carbocycles. The molecule has 2 aliphatic rings. The molecule has 2 unspecified atom stereocenters. The number of carbonyl (C=O) groups excluding carboxylic acids is 6. The Balaban J connectivity index is 1.37. The number of rotatable bonds is 11. The molecule has 224 valence electrons. The summed E-state index contributed by atoms with van der Waals surface area (Å²) in [6.45, 7) is 3.34. The van der Waals surface area contributed by atoms with E-state index in [1.54, 1.807) is 12.3 Å². The number of imide groups is 2. The molecule has 16 heteroatoms. The molecule has 0 bridgehead atoms. The number of piperidine rings is 1. The molecule has 15 nitrogen and oxygen atoms in total. The van der Waals surface area contributed by atoms with E-state index in [1.165, 1.54) is 29.4 Å². The van der Waals surface area contributed by atoms with Crippen LogP contribution in [-0.2, 0) is 32.1 Å². The normalized spacial score (nSPS) is 17.0. The highest BCUT2D eigenvalue weighted by molar-refractivity contribution is 7.03. The number of nitrogens with zero attached hydrogens (tertiary/aromatic N) is 5. The molecule has 2 aliphatic heterocycles. The molecule has 0 spiro atoms. The topological polar surface area (TPSA) is 194 Å². The predicted octanol–water partition coefficient (Wildman–Crippen LogP) is 0.775. The number of likely N-dealkylation sites (N-methyl/N-ethyl adjacent to an activating group) is 1. The molecular weight excluding hydrogens is 582 g/mol. The largest absolute Gasteiger partial charge is 0.484 e. The van der Waals surface area contributed by atoms with E-state index >= 15 is 0 Å². The Morgan fingerprint density at radius 3 is 2.70 bits per heavy atom. The number of hydrogen-bond acceptors (Lipinski definition) is 12. The van der Waals surface area contributed by atoms with Crippen molar-refractivity contribution in [3.8, 4) is 5.75 Å². The van der Waals surface area contributed by atoms with Crippen molar-refractivity contribution in [1.82, 2.24) is 35.2 Å². The van der Waals surface area contributed by atoms with Crippen LogP contribution in [0.15, 0.2) is 34.4 Å². The Hall–Kier alpha value is -4.99. The summed E-state index contributed by atoms with van der Waals surface area (Å²) in [5, 5.41) is 14.5. The van der Waals surface area contributed by atoms with E-state index in [4.69, 9.17) is 9.26 Å². The van der Waals surface area contributed by atoms with Gasteiger partial charge >= 0.3 is 0 Å². The van der Waals surface area contributed by atoms with Crippen molar-refractivity contribution < 1.29 is 38.0 Å². The van der Waals surface area contributed by atoms with Crippen LogP contribution in [0.3, 0.4) is 0 Å². The molecule has 2 atom stereocenters. The highest BCUT2D eigenvalue weighted by Crippen LogP contribution is 2.31. The lowest BCUT2D eigenvalue weighted by Gasteiger charge is -2.29. The molecule has 1 fully saturated rings. The van der Waals surface area contributed by atoms with Gasteiger partial charge in [-0.05, 0) is 49.5 Å². The molecule has 0 aliphatic carbocycles. The van der Waals surface area contributed by atoms with Crippen LogP contribution < -0.4 is 15.4 Å². The van der Waals surface area contributed by atoms with Crippen LogP contribution >= 0.6 is 11.5 Å². The molecule has 6 amide bonds. The van der Waals surface area contributed by atoms with Crippen molar-refractivity contribution in [3.63, 3.8) is 0 Å². The number of aromatic nitrogens is 3. The van der Waals surface area contributed by atoms with Gasteiger partial charge in [0.05, 0.1) is 17.7 Å². The summed E-state index contributed by atoms with van der Waals surface area (Å²) in [5.41, 5.74) is 1.55. The Morgan fingerprint density at radius 1 is 1.21 bits per heavy atom. The molecule has 1 saturated heterocycles. The van der Waals surface area contributed by atoms with Crippen LogP contribution in [0.4, 0.5) is 0 Å². The summed E-state index contributed by atoms with van der Waals surface area (Å²) >= 11 is 1.03. The Bertz CT molecular complexity index is 1590. The van der Waals surface area contributed by atoms with Gasteiger partial charge in [-0.25, -0.2) is 0 Å². The van der Waals surface area contributed by atoms with Gasteiger partial charge in [-0.3, -0.25) is 39.0 Å². The Kier molecular flexibility index (Phi) is 8.56. The number of fused-ring (bicyclic) bond motifs is 1. The standard InChI is InChI=1S/C27H27N7O8S/c1-3-14-11-42-31-18(14)10-33(23(25(38)28-4-2)19-13-43-32-30-19)22(36)12-41-15-5-6-16-17(9-15)27(40)34(26(16)39)20-7-8-21(35)29-24(20)37/h5-6,9,11,13,20,23H,3-4,7-8,10,12H2,1-2H3,(H,28,38)(H,29,35,37). The van der Waals surface area contributed by atoms with E-state index in [9.17, 15) is 28.8 Å². The van der Waals surface area contributed by atoms with Crippen LogP contribution in [0, 0.1) is 0 Å². The molecule has 1 aromatic carbocycles. The predicted molar refractivity (Wildman–Crippen MR) is 146 cm³/mol. The third-order valence-corrected chi connectivity index (χ3v) is 7.61. The van der Waals surface area contributed by atoms with Gasteiger partial charge in [-0.1, -0.05) is 16.6 Å². The van der Waals surface area contributed by atoms with Crippen molar-refractivity contribution in [3.05, 3.63) is 57.9 Å². The molecule has 2 aromatic heterocycles. The Labute approximate surface area is 248 Å². The lowest BCUT2D eigenvalue weighted by atomic mass is 10.0. The van der Waals surface area contributed by atoms with Crippen LogP contribution in [0.25, 0.3) is 0 Å². The fourth-order valence-electron chi connectivity index (χ4n) is 4.95. The van der Waals surface area contributed by atoms with Crippen molar-refractivity contribution in [1.29, 1.82) is 0 Å². The van der Waals surface area contributed by atoms with Crippen molar-refractivity contribution in [2.75, 3.05) is 13.2 Å². The zero-order valence-electron chi connectivity index (χ0n) is 23.2. The summed E-state index contributed by atoms with van der Waals surface area (Å²) in [7, 11) is 0. The highest BCUT2D eigenvalue weighted by atomic mass is 32.1.